The first-order valence-corrected chi connectivity index (χ1v) is 6.39. The molecule has 0 atom stereocenters. The van der Waals surface area contributed by atoms with E-state index in [1.165, 1.54) is 0 Å². The van der Waals surface area contributed by atoms with Crippen molar-refractivity contribution >= 4 is 7.59 Å². The third kappa shape index (κ3) is 6.22. The molecule has 0 saturated heterocycles. The van der Waals surface area contributed by atoms with Crippen LogP contribution in [-0.2, 0) is 4.57 Å². The summed E-state index contributed by atoms with van der Waals surface area (Å²) in [5.41, 5.74) is 10.9. The summed E-state index contributed by atoms with van der Waals surface area (Å²) in [6.45, 7) is 9.61. The molecule has 4 nitrogen and oxygen atoms in total. The number of nitrogens with two attached hydrogens (primary N) is 2. The zero-order valence-electron chi connectivity index (χ0n) is 9.08. The molecule has 5 heteroatoms. The SMILES string of the molecule is CCCN(CC(C)(C)C)P(N)(N)=O. The first kappa shape index (κ1) is 13.1. The van der Waals surface area contributed by atoms with Gasteiger partial charge in [-0.1, -0.05) is 27.7 Å². The third-order valence-electron chi connectivity index (χ3n) is 1.58. The third-order valence-corrected chi connectivity index (χ3v) is 2.81. The van der Waals surface area contributed by atoms with E-state index in [4.69, 9.17) is 11.0 Å². The molecule has 0 heterocycles. The van der Waals surface area contributed by atoms with Crippen LogP contribution in [0, 0.1) is 5.41 Å². The smallest absolute Gasteiger partial charge is 0.271 e. The average Bonchev–Trinajstić information content (AvgIpc) is 1.81. The van der Waals surface area contributed by atoms with Crippen LogP contribution < -0.4 is 11.0 Å². The van der Waals surface area contributed by atoms with E-state index in [-0.39, 0.29) is 5.41 Å². The maximum absolute atomic E-state index is 11.5. The minimum absolute atomic E-state index is 0.0730. The molecular formula is C8H22N3OP. The molecule has 0 aromatic rings. The first-order chi connectivity index (χ1) is 5.67. The van der Waals surface area contributed by atoms with Crippen LogP contribution >= 0.6 is 7.59 Å². The lowest BCUT2D eigenvalue weighted by Crippen LogP contribution is -2.36. The Kier molecular flexibility index (Phi) is 4.60. The standard InChI is InChI=1S/C8H22N3OP/c1-5-6-11(13(9,10)12)7-8(2,3)4/h5-7H2,1-4H3,(H4,9,10,12). The second kappa shape index (κ2) is 4.56. The highest BCUT2D eigenvalue weighted by molar-refractivity contribution is 7.56. The Labute approximate surface area is 81.2 Å². The van der Waals surface area contributed by atoms with Crippen molar-refractivity contribution in [2.24, 2.45) is 16.4 Å². The quantitative estimate of drug-likeness (QED) is 0.689. The van der Waals surface area contributed by atoms with E-state index in [0.717, 1.165) is 6.42 Å². The van der Waals surface area contributed by atoms with Gasteiger partial charge in [0.1, 0.15) is 0 Å². The molecule has 0 fully saturated rings. The molecule has 0 bridgehead atoms. The summed E-state index contributed by atoms with van der Waals surface area (Å²) < 4.78 is 13.2. The summed E-state index contributed by atoms with van der Waals surface area (Å²) in [6, 6.07) is 0. The fourth-order valence-electron chi connectivity index (χ4n) is 1.15. The van der Waals surface area contributed by atoms with E-state index >= 15 is 0 Å². The summed E-state index contributed by atoms with van der Waals surface area (Å²) in [5, 5.41) is 0. The van der Waals surface area contributed by atoms with Gasteiger partial charge in [-0.05, 0) is 11.8 Å². The molecule has 0 aliphatic heterocycles. The van der Waals surface area contributed by atoms with Crippen LogP contribution in [-0.4, -0.2) is 17.8 Å². The van der Waals surface area contributed by atoms with Gasteiger partial charge < -0.3 is 0 Å². The zero-order valence-corrected chi connectivity index (χ0v) is 9.97. The van der Waals surface area contributed by atoms with Gasteiger partial charge >= 0.3 is 0 Å². The van der Waals surface area contributed by atoms with Gasteiger partial charge in [-0.2, -0.15) is 0 Å². The fourth-order valence-corrected chi connectivity index (χ4v) is 2.31. The molecule has 4 N–H and O–H groups in total. The number of rotatable bonds is 4. The van der Waals surface area contributed by atoms with Gasteiger partial charge in [0, 0.05) is 13.1 Å². The highest BCUT2D eigenvalue weighted by Gasteiger charge is 2.25. The predicted octanol–water partition coefficient (Wildman–Crippen LogP) is 1.77. The summed E-state index contributed by atoms with van der Waals surface area (Å²) >= 11 is 0. The Morgan fingerprint density at radius 3 is 2.00 bits per heavy atom. The van der Waals surface area contributed by atoms with Crippen molar-refractivity contribution in [3.05, 3.63) is 0 Å². The van der Waals surface area contributed by atoms with Crippen LogP contribution in [0.3, 0.4) is 0 Å². The van der Waals surface area contributed by atoms with Gasteiger partial charge in [0.15, 0.2) is 0 Å². The minimum Gasteiger partial charge on any atom is -0.271 e. The van der Waals surface area contributed by atoms with Crippen LogP contribution in [0.25, 0.3) is 0 Å². The Morgan fingerprint density at radius 2 is 1.77 bits per heavy atom. The second-order valence-corrected chi connectivity index (χ2v) is 6.53. The normalized spacial score (nSPS) is 13.8. The van der Waals surface area contributed by atoms with E-state index < -0.39 is 7.59 Å². The average molecular weight is 207 g/mol. The summed E-state index contributed by atoms with van der Waals surface area (Å²) in [7, 11) is -3.06. The fraction of sp³-hybridized carbons (Fsp3) is 1.00. The van der Waals surface area contributed by atoms with Gasteiger partial charge in [-0.3, -0.25) is 15.6 Å². The minimum atomic E-state index is -3.06. The largest absolute Gasteiger partial charge is 0.276 e. The molecule has 0 radical (unpaired) electrons. The Bertz CT molecular complexity index is 194. The van der Waals surface area contributed by atoms with Gasteiger partial charge in [0.2, 0.25) is 0 Å². The number of hydrogen-bond acceptors (Lipinski definition) is 1. The van der Waals surface area contributed by atoms with Gasteiger partial charge in [0.25, 0.3) is 7.59 Å². The molecule has 80 valence electrons. The van der Waals surface area contributed by atoms with E-state index in [1.807, 2.05) is 6.92 Å². The summed E-state index contributed by atoms with van der Waals surface area (Å²) in [5.74, 6) is 0. The van der Waals surface area contributed by atoms with Crippen LogP contribution in [0.5, 0.6) is 0 Å². The monoisotopic (exact) mass is 207 g/mol. The maximum Gasteiger partial charge on any atom is 0.276 e. The lowest BCUT2D eigenvalue weighted by molar-refractivity contribution is 0.280. The topological polar surface area (TPSA) is 72.3 Å². The van der Waals surface area contributed by atoms with Crippen LogP contribution in [0.15, 0.2) is 0 Å². The van der Waals surface area contributed by atoms with Crippen molar-refractivity contribution in [3.8, 4) is 0 Å². The molecule has 0 aromatic heterocycles. The Balaban J connectivity index is 4.37. The molecular weight excluding hydrogens is 185 g/mol. The van der Waals surface area contributed by atoms with Gasteiger partial charge in [0.05, 0.1) is 0 Å². The highest BCUT2D eigenvalue weighted by atomic mass is 31.2. The van der Waals surface area contributed by atoms with Crippen molar-refractivity contribution in [1.82, 2.24) is 4.67 Å². The van der Waals surface area contributed by atoms with E-state index in [9.17, 15) is 4.57 Å². The molecule has 0 aromatic carbocycles. The van der Waals surface area contributed by atoms with Crippen molar-refractivity contribution in [2.45, 2.75) is 34.1 Å². The molecule has 0 saturated carbocycles. The van der Waals surface area contributed by atoms with Gasteiger partial charge in [-0.25, -0.2) is 4.67 Å². The van der Waals surface area contributed by atoms with Crippen molar-refractivity contribution in [1.29, 1.82) is 0 Å². The van der Waals surface area contributed by atoms with E-state index in [1.54, 1.807) is 4.67 Å². The predicted molar refractivity (Wildman–Crippen MR) is 57.3 cm³/mol. The maximum atomic E-state index is 11.5. The lowest BCUT2D eigenvalue weighted by Gasteiger charge is -2.31. The van der Waals surface area contributed by atoms with E-state index in [2.05, 4.69) is 20.8 Å². The highest BCUT2D eigenvalue weighted by Crippen LogP contribution is 2.34. The molecule has 0 rings (SSSR count). The summed E-state index contributed by atoms with van der Waals surface area (Å²) in [4.78, 5) is 0. The Morgan fingerprint density at radius 1 is 1.31 bits per heavy atom. The molecule has 0 aliphatic rings. The molecule has 0 spiro atoms. The molecule has 0 amide bonds. The molecule has 13 heavy (non-hydrogen) atoms. The van der Waals surface area contributed by atoms with Crippen molar-refractivity contribution in [2.75, 3.05) is 13.1 Å². The second-order valence-electron chi connectivity index (χ2n) is 4.62. The van der Waals surface area contributed by atoms with Crippen LogP contribution in [0.1, 0.15) is 34.1 Å². The lowest BCUT2D eigenvalue weighted by atomic mass is 9.97. The van der Waals surface area contributed by atoms with Crippen molar-refractivity contribution < 1.29 is 4.57 Å². The molecule has 0 unspecified atom stereocenters. The number of nitrogens with zero attached hydrogens (tertiary/aromatic N) is 1. The Hall–Kier alpha value is 0.110. The number of hydrogen-bond donors (Lipinski definition) is 2. The zero-order chi connectivity index (χ0) is 10.7. The van der Waals surface area contributed by atoms with Crippen molar-refractivity contribution in [3.63, 3.8) is 0 Å². The van der Waals surface area contributed by atoms with Crippen LogP contribution in [0.4, 0.5) is 0 Å². The summed E-state index contributed by atoms with van der Waals surface area (Å²) in [6.07, 6.45) is 0.911. The van der Waals surface area contributed by atoms with Gasteiger partial charge in [-0.15, -0.1) is 0 Å². The van der Waals surface area contributed by atoms with Crippen LogP contribution in [0.2, 0.25) is 0 Å². The van der Waals surface area contributed by atoms with E-state index in [0.29, 0.717) is 13.1 Å². The first-order valence-electron chi connectivity index (χ1n) is 4.59. The molecule has 0 aliphatic carbocycles.